The number of ether oxygens (including phenoxy) is 1. The van der Waals surface area contributed by atoms with Crippen LogP contribution < -0.4 is 10.1 Å². The van der Waals surface area contributed by atoms with Gasteiger partial charge >= 0.3 is 0 Å². The first-order valence-corrected chi connectivity index (χ1v) is 7.57. The molecule has 1 aromatic rings. The maximum atomic E-state index is 12.6. The molecule has 114 valence electrons. The Bertz CT molecular complexity index is 520. The first-order valence-electron chi connectivity index (χ1n) is 7.57. The summed E-state index contributed by atoms with van der Waals surface area (Å²) in [5.41, 5.74) is 1.76. The first-order chi connectivity index (χ1) is 10.2. The van der Waals surface area contributed by atoms with E-state index in [1.54, 1.807) is 7.11 Å². The number of aryl methyl sites for hydroxylation is 1. The Balaban J connectivity index is 1.64. The van der Waals surface area contributed by atoms with Crippen LogP contribution in [0.25, 0.3) is 0 Å². The summed E-state index contributed by atoms with van der Waals surface area (Å²) in [6, 6.07) is 6.27. The number of nitrogens with one attached hydrogen (secondary N) is 1. The quantitative estimate of drug-likeness (QED) is 0.891. The van der Waals surface area contributed by atoms with E-state index in [4.69, 9.17) is 4.74 Å². The highest BCUT2D eigenvalue weighted by atomic mass is 16.5. The first kappa shape index (κ1) is 14.4. The standard InChI is InChI=1S/C16H23N3O2/c1-12-3-4-15(21-2)14(9-12)16(20)19-10-13(11-19)18-7-5-17-6-8-18/h3-4,9,13,17H,5-8,10-11H2,1-2H3. The van der Waals surface area contributed by atoms with Crippen molar-refractivity contribution in [2.45, 2.75) is 13.0 Å². The van der Waals surface area contributed by atoms with E-state index in [2.05, 4.69) is 10.2 Å². The van der Waals surface area contributed by atoms with Crippen molar-refractivity contribution in [3.63, 3.8) is 0 Å². The Morgan fingerprint density at radius 3 is 2.67 bits per heavy atom. The molecule has 5 heteroatoms. The second-order valence-corrected chi connectivity index (χ2v) is 5.85. The van der Waals surface area contributed by atoms with Crippen LogP contribution in [0.15, 0.2) is 18.2 Å². The fourth-order valence-electron chi connectivity index (χ4n) is 3.06. The van der Waals surface area contributed by atoms with Crippen LogP contribution in [-0.4, -0.2) is 68.1 Å². The number of rotatable bonds is 3. The van der Waals surface area contributed by atoms with Gasteiger partial charge in [0.25, 0.3) is 5.91 Å². The highest BCUT2D eigenvalue weighted by molar-refractivity contribution is 5.97. The summed E-state index contributed by atoms with van der Waals surface area (Å²) in [6.07, 6.45) is 0. The number of likely N-dealkylation sites (tertiary alicyclic amines) is 1. The number of carbonyl (C=O) groups is 1. The number of amides is 1. The van der Waals surface area contributed by atoms with Crippen molar-refractivity contribution in [3.05, 3.63) is 29.3 Å². The molecule has 2 aliphatic heterocycles. The van der Waals surface area contributed by atoms with E-state index in [1.165, 1.54) is 0 Å². The topological polar surface area (TPSA) is 44.8 Å². The lowest BCUT2D eigenvalue weighted by Gasteiger charge is -2.46. The fourth-order valence-corrected chi connectivity index (χ4v) is 3.06. The lowest BCUT2D eigenvalue weighted by Crippen LogP contribution is -2.63. The molecule has 0 spiro atoms. The molecule has 0 radical (unpaired) electrons. The van der Waals surface area contributed by atoms with E-state index in [1.807, 2.05) is 30.0 Å². The molecule has 2 saturated heterocycles. The second kappa shape index (κ2) is 6.03. The van der Waals surface area contributed by atoms with Crippen LogP contribution in [0.5, 0.6) is 5.75 Å². The molecule has 0 saturated carbocycles. The molecule has 1 N–H and O–H groups in total. The van der Waals surface area contributed by atoms with Gasteiger partial charge in [0, 0.05) is 45.3 Å². The fraction of sp³-hybridized carbons (Fsp3) is 0.562. The van der Waals surface area contributed by atoms with Crippen molar-refractivity contribution in [3.8, 4) is 5.75 Å². The van der Waals surface area contributed by atoms with Crippen LogP contribution in [0.3, 0.4) is 0 Å². The van der Waals surface area contributed by atoms with Crippen molar-refractivity contribution in [1.29, 1.82) is 0 Å². The number of methoxy groups -OCH3 is 1. The van der Waals surface area contributed by atoms with Crippen LogP contribution in [-0.2, 0) is 0 Å². The van der Waals surface area contributed by atoms with Crippen molar-refractivity contribution >= 4 is 5.91 Å². The van der Waals surface area contributed by atoms with Gasteiger partial charge in [0.15, 0.2) is 0 Å². The predicted molar refractivity (Wildman–Crippen MR) is 81.9 cm³/mol. The molecule has 0 unspecified atom stereocenters. The highest BCUT2D eigenvalue weighted by Crippen LogP contribution is 2.25. The number of piperazine rings is 1. The SMILES string of the molecule is COc1ccc(C)cc1C(=O)N1CC(N2CCNCC2)C1. The van der Waals surface area contributed by atoms with Crippen LogP contribution in [0.4, 0.5) is 0 Å². The molecule has 2 heterocycles. The zero-order chi connectivity index (χ0) is 14.8. The lowest BCUT2D eigenvalue weighted by molar-refractivity contribution is 0.0225. The van der Waals surface area contributed by atoms with Gasteiger partial charge in [-0.1, -0.05) is 11.6 Å². The van der Waals surface area contributed by atoms with Crippen LogP contribution in [0.1, 0.15) is 15.9 Å². The van der Waals surface area contributed by atoms with E-state index in [9.17, 15) is 4.79 Å². The number of benzene rings is 1. The maximum Gasteiger partial charge on any atom is 0.257 e. The summed E-state index contributed by atoms with van der Waals surface area (Å²) in [7, 11) is 1.61. The molecular weight excluding hydrogens is 266 g/mol. The van der Waals surface area contributed by atoms with Crippen LogP contribution >= 0.6 is 0 Å². The number of nitrogens with zero attached hydrogens (tertiary/aromatic N) is 2. The third-order valence-corrected chi connectivity index (χ3v) is 4.40. The molecule has 0 aliphatic carbocycles. The summed E-state index contributed by atoms with van der Waals surface area (Å²) < 4.78 is 5.32. The molecule has 3 rings (SSSR count). The van der Waals surface area contributed by atoms with Gasteiger partial charge < -0.3 is 15.0 Å². The molecule has 1 aromatic carbocycles. The van der Waals surface area contributed by atoms with Crippen molar-refractivity contribution in [2.75, 3.05) is 46.4 Å². The van der Waals surface area contributed by atoms with Gasteiger partial charge in [-0.25, -0.2) is 0 Å². The van der Waals surface area contributed by atoms with Gasteiger partial charge in [0.05, 0.1) is 12.7 Å². The minimum absolute atomic E-state index is 0.0851. The summed E-state index contributed by atoms with van der Waals surface area (Å²) in [4.78, 5) is 17.0. The minimum Gasteiger partial charge on any atom is -0.496 e. The third-order valence-electron chi connectivity index (χ3n) is 4.40. The van der Waals surface area contributed by atoms with Gasteiger partial charge in [-0.2, -0.15) is 0 Å². The molecule has 0 aromatic heterocycles. The maximum absolute atomic E-state index is 12.6. The van der Waals surface area contributed by atoms with E-state index >= 15 is 0 Å². The molecule has 21 heavy (non-hydrogen) atoms. The Morgan fingerprint density at radius 2 is 2.00 bits per heavy atom. The summed E-state index contributed by atoms with van der Waals surface area (Å²) in [6.45, 7) is 7.93. The van der Waals surface area contributed by atoms with E-state index in [0.29, 0.717) is 17.4 Å². The van der Waals surface area contributed by atoms with E-state index < -0.39 is 0 Å². The summed E-state index contributed by atoms with van der Waals surface area (Å²) in [5.74, 6) is 0.748. The third kappa shape index (κ3) is 2.89. The van der Waals surface area contributed by atoms with E-state index in [-0.39, 0.29) is 5.91 Å². The monoisotopic (exact) mass is 289 g/mol. The molecule has 2 fully saturated rings. The molecule has 0 atom stereocenters. The zero-order valence-corrected chi connectivity index (χ0v) is 12.8. The van der Waals surface area contributed by atoms with Crippen molar-refractivity contribution < 1.29 is 9.53 Å². The highest BCUT2D eigenvalue weighted by Gasteiger charge is 2.36. The minimum atomic E-state index is 0.0851. The number of carbonyl (C=O) groups excluding carboxylic acids is 1. The summed E-state index contributed by atoms with van der Waals surface area (Å²) in [5, 5.41) is 3.36. The van der Waals surface area contributed by atoms with Gasteiger partial charge in [0.2, 0.25) is 0 Å². The average Bonchev–Trinajstić information content (AvgIpc) is 2.46. The predicted octanol–water partition coefficient (Wildman–Crippen LogP) is 0.733. The normalized spacial score (nSPS) is 20.2. The average molecular weight is 289 g/mol. The van der Waals surface area contributed by atoms with E-state index in [0.717, 1.165) is 44.8 Å². The molecular formula is C16H23N3O2. The number of hydrogen-bond acceptors (Lipinski definition) is 4. The summed E-state index contributed by atoms with van der Waals surface area (Å²) >= 11 is 0. The van der Waals surface area contributed by atoms with Gasteiger partial charge in [-0.15, -0.1) is 0 Å². The molecule has 5 nitrogen and oxygen atoms in total. The smallest absolute Gasteiger partial charge is 0.257 e. The molecule has 0 bridgehead atoms. The molecule has 2 aliphatic rings. The van der Waals surface area contributed by atoms with Crippen LogP contribution in [0.2, 0.25) is 0 Å². The lowest BCUT2D eigenvalue weighted by atomic mass is 10.0. The Hall–Kier alpha value is -1.59. The van der Waals surface area contributed by atoms with Gasteiger partial charge in [-0.05, 0) is 19.1 Å². The van der Waals surface area contributed by atoms with Crippen molar-refractivity contribution in [1.82, 2.24) is 15.1 Å². The van der Waals surface area contributed by atoms with Crippen molar-refractivity contribution in [2.24, 2.45) is 0 Å². The van der Waals surface area contributed by atoms with Crippen LogP contribution in [0, 0.1) is 6.92 Å². The largest absolute Gasteiger partial charge is 0.496 e. The molecule has 1 amide bonds. The van der Waals surface area contributed by atoms with Gasteiger partial charge in [-0.3, -0.25) is 9.69 Å². The number of hydrogen-bond donors (Lipinski definition) is 1. The zero-order valence-electron chi connectivity index (χ0n) is 12.8. The Kier molecular flexibility index (Phi) is 4.12. The second-order valence-electron chi connectivity index (χ2n) is 5.85. The Labute approximate surface area is 125 Å². The van der Waals surface area contributed by atoms with Gasteiger partial charge in [0.1, 0.15) is 5.75 Å². The Morgan fingerprint density at radius 1 is 1.29 bits per heavy atom.